The average molecular weight is 337 g/mol. The number of unbranched alkanes of at least 4 members (excludes halogenated alkanes) is 3. The zero-order valence-corrected chi connectivity index (χ0v) is 13.3. The van der Waals surface area contributed by atoms with Gasteiger partial charge in [0.1, 0.15) is 0 Å². The van der Waals surface area contributed by atoms with Crippen LogP contribution < -0.4 is 0 Å². The zero-order chi connectivity index (χ0) is 15.1. The first-order chi connectivity index (χ1) is 9.66. The smallest absolute Gasteiger partial charge is 0.304 e. The second-order valence-corrected chi connectivity index (χ2v) is 5.27. The van der Waals surface area contributed by atoms with E-state index in [4.69, 9.17) is 11.5 Å². The first kappa shape index (κ1) is 18.6. The summed E-state index contributed by atoms with van der Waals surface area (Å²) < 4.78 is 1.17. The van der Waals surface area contributed by atoms with Crippen LogP contribution in [0, 0.1) is 24.2 Å². The highest BCUT2D eigenvalue weighted by molar-refractivity contribution is 9.11. The lowest BCUT2D eigenvalue weighted by molar-refractivity contribution is -0.136. The minimum Gasteiger partial charge on any atom is -0.481 e. The van der Waals surface area contributed by atoms with Gasteiger partial charge in [-0.25, -0.2) is 0 Å². The molecule has 0 unspecified atom stereocenters. The van der Waals surface area contributed by atoms with E-state index in [1.165, 1.54) is 4.48 Å². The minimum atomic E-state index is -0.794. The van der Waals surface area contributed by atoms with Crippen LogP contribution in [0.2, 0.25) is 0 Å². The molecule has 1 N–H and O–H groups in total. The van der Waals surface area contributed by atoms with Gasteiger partial charge in [-0.05, 0) is 42.7 Å². The summed E-state index contributed by atoms with van der Waals surface area (Å²) in [6.07, 6.45) is 17.6. The minimum absolute atomic E-state index is 0.123. The number of carboxylic acids is 1. The fraction of sp³-hybridized carbons (Fsp3) is 0.471. The van der Waals surface area contributed by atoms with Crippen molar-refractivity contribution in [2.45, 2.75) is 51.4 Å². The Morgan fingerprint density at radius 3 is 2.45 bits per heavy atom. The highest BCUT2D eigenvalue weighted by atomic mass is 79.9. The van der Waals surface area contributed by atoms with Gasteiger partial charge in [0.15, 0.2) is 0 Å². The van der Waals surface area contributed by atoms with Gasteiger partial charge in [-0.2, -0.15) is 0 Å². The van der Waals surface area contributed by atoms with Gasteiger partial charge < -0.3 is 5.11 Å². The quantitative estimate of drug-likeness (QED) is 0.491. The Kier molecular flexibility index (Phi) is 13.0. The molecule has 2 nitrogen and oxygen atoms in total. The molecule has 0 heterocycles. The van der Waals surface area contributed by atoms with Crippen molar-refractivity contribution in [3.63, 3.8) is 0 Å². The van der Waals surface area contributed by atoms with E-state index >= 15 is 0 Å². The molecule has 108 valence electrons. The van der Waals surface area contributed by atoms with Crippen LogP contribution >= 0.6 is 15.9 Å². The first-order valence-corrected chi connectivity index (χ1v) is 7.59. The van der Waals surface area contributed by atoms with E-state index in [-0.39, 0.29) is 6.42 Å². The predicted octanol–water partition coefficient (Wildman–Crippen LogP) is 4.66. The van der Waals surface area contributed by atoms with Crippen LogP contribution in [0.15, 0.2) is 22.7 Å². The molecule has 0 aromatic carbocycles. The van der Waals surface area contributed by atoms with Crippen LogP contribution in [0.3, 0.4) is 0 Å². The Hall–Kier alpha value is -1.45. The van der Waals surface area contributed by atoms with Crippen LogP contribution in [0.1, 0.15) is 51.4 Å². The standard InChI is InChI=1S/C17H21BrO2/c1-2-3-4-5-6-7-10-13-16(18)14-11-8-9-12-15-17(19)20/h1,3-4,13H,5-7,10-12,14-15H2,(H,19,20). The summed E-state index contributed by atoms with van der Waals surface area (Å²) in [7, 11) is 0. The van der Waals surface area contributed by atoms with Crippen LogP contribution in [-0.4, -0.2) is 11.1 Å². The highest BCUT2D eigenvalue weighted by Crippen LogP contribution is 2.15. The van der Waals surface area contributed by atoms with Gasteiger partial charge >= 0.3 is 5.97 Å². The molecule has 0 aromatic heterocycles. The maximum absolute atomic E-state index is 10.3. The van der Waals surface area contributed by atoms with Crippen molar-refractivity contribution in [1.29, 1.82) is 0 Å². The summed E-state index contributed by atoms with van der Waals surface area (Å²) in [4.78, 5) is 10.3. The number of hydrogen-bond acceptors (Lipinski definition) is 1. The van der Waals surface area contributed by atoms with Crippen LogP contribution in [0.25, 0.3) is 0 Å². The van der Waals surface area contributed by atoms with Gasteiger partial charge in [0.25, 0.3) is 0 Å². The Morgan fingerprint density at radius 1 is 1.15 bits per heavy atom. The second-order valence-electron chi connectivity index (χ2n) is 4.25. The number of carbonyl (C=O) groups is 1. The molecule has 0 radical (unpaired) electrons. The van der Waals surface area contributed by atoms with E-state index in [0.29, 0.717) is 6.42 Å². The average Bonchev–Trinajstić information content (AvgIpc) is 2.41. The lowest BCUT2D eigenvalue weighted by atomic mass is 10.1. The van der Waals surface area contributed by atoms with E-state index in [1.807, 2.05) is 6.08 Å². The fourth-order valence-corrected chi connectivity index (χ4v) is 1.87. The lowest BCUT2D eigenvalue weighted by Gasteiger charge is -1.96. The lowest BCUT2D eigenvalue weighted by Crippen LogP contribution is -1.91. The molecule has 0 aromatic rings. The number of aliphatic carboxylic acids is 1. The SMILES string of the molecule is C#CC=CCCCCC=C(Br)CCC#CCCC(=O)O. The van der Waals surface area contributed by atoms with Crippen molar-refractivity contribution in [1.82, 2.24) is 0 Å². The molecule has 0 amide bonds. The van der Waals surface area contributed by atoms with Crippen molar-refractivity contribution >= 4 is 21.9 Å². The van der Waals surface area contributed by atoms with Crippen molar-refractivity contribution < 1.29 is 9.90 Å². The van der Waals surface area contributed by atoms with E-state index < -0.39 is 5.97 Å². The predicted molar refractivity (Wildman–Crippen MR) is 87.3 cm³/mol. The molecule has 0 atom stereocenters. The van der Waals surface area contributed by atoms with Crippen molar-refractivity contribution in [3.8, 4) is 24.2 Å². The molecule has 0 fully saturated rings. The summed E-state index contributed by atoms with van der Waals surface area (Å²) in [5.41, 5.74) is 0. The third kappa shape index (κ3) is 14.6. The number of halogens is 1. The van der Waals surface area contributed by atoms with Crippen molar-refractivity contribution in [2.75, 3.05) is 0 Å². The summed E-state index contributed by atoms with van der Waals surface area (Å²) in [6, 6.07) is 0. The topological polar surface area (TPSA) is 37.3 Å². The third-order valence-electron chi connectivity index (χ3n) is 2.48. The van der Waals surface area contributed by atoms with E-state index in [2.05, 4.69) is 39.8 Å². The largest absolute Gasteiger partial charge is 0.481 e. The Labute approximate surface area is 130 Å². The second kappa shape index (κ2) is 14.0. The van der Waals surface area contributed by atoms with E-state index in [9.17, 15) is 4.79 Å². The van der Waals surface area contributed by atoms with Gasteiger partial charge in [-0.15, -0.1) is 18.3 Å². The number of allylic oxidation sites excluding steroid dienone is 4. The number of carboxylic acid groups (broad SMARTS) is 1. The Morgan fingerprint density at radius 2 is 1.80 bits per heavy atom. The molecular weight excluding hydrogens is 316 g/mol. The number of rotatable bonds is 9. The molecule has 0 aliphatic heterocycles. The van der Waals surface area contributed by atoms with Crippen LogP contribution in [0.4, 0.5) is 0 Å². The molecule has 0 saturated heterocycles. The number of hydrogen-bond donors (Lipinski definition) is 1. The summed E-state index contributed by atoms with van der Waals surface area (Å²) in [6.45, 7) is 0. The highest BCUT2D eigenvalue weighted by Gasteiger charge is 1.92. The van der Waals surface area contributed by atoms with E-state index in [1.54, 1.807) is 6.08 Å². The van der Waals surface area contributed by atoms with Crippen LogP contribution in [0.5, 0.6) is 0 Å². The summed E-state index contributed by atoms with van der Waals surface area (Å²) in [5, 5.41) is 8.45. The zero-order valence-electron chi connectivity index (χ0n) is 11.7. The van der Waals surface area contributed by atoms with Crippen LogP contribution in [-0.2, 0) is 4.79 Å². The molecule has 0 spiro atoms. The Bertz CT molecular complexity index is 430. The molecule has 0 saturated carbocycles. The monoisotopic (exact) mass is 336 g/mol. The molecular formula is C17H21BrO2. The van der Waals surface area contributed by atoms with Gasteiger partial charge in [0, 0.05) is 12.8 Å². The maximum atomic E-state index is 10.3. The molecule has 0 bridgehead atoms. The van der Waals surface area contributed by atoms with Gasteiger partial charge in [-0.1, -0.05) is 34.0 Å². The first-order valence-electron chi connectivity index (χ1n) is 6.80. The van der Waals surface area contributed by atoms with Gasteiger partial charge in [-0.3, -0.25) is 4.79 Å². The maximum Gasteiger partial charge on any atom is 0.304 e. The number of terminal acetylenes is 1. The third-order valence-corrected chi connectivity index (χ3v) is 3.20. The van der Waals surface area contributed by atoms with E-state index in [0.717, 1.165) is 38.5 Å². The van der Waals surface area contributed by atoms with Gasteiger partial charge in [0.2, 0.25) is 0 Å². The summed E-state index contributed by atoms with van der Waals surface area (Å²) >= 11 is 3.52. The molecule has 0 rings (SSSR count). The molecule has 20 heavy (non-hydrogen) atoms. The fourth-order valence-electron chi connectivity index (χ4n) is 1.45. The van der Waals surface area contributed by atoms with Crippen molar-refractivity contribution in [2.24, 2.45) is 0 Å². The molecule has 0 aliphatic carbocycles. The van der Waals surface area contributed by atoms with Crippen molar-refractivity contribution in [3.05, 3.63) is 22.7 Å². The molecule has 3 heteroatoms. The summed E-state index contributed by atoms with van der Waals surface area (Å²) in [5.74, 6) is 7.53. The normalized spacial score (nSPS) is 10.9. The van der Waals surface area contributed by atoms with Gasteiger partial charge in [0.05, 0.1) is 6.42 Å². The Balaban J connectivity index is 3.58. The molecule has 0 aliphatic rings.